The third-order valence-corrected chi connectivity index (χ3v) is 7.19. The van der Waals surface area contributed by atoms with Gasteiger partial charge in [0.2, 0.25) is 5.91 Å². The number of hydrogen-bond donors (Lipinski definition) is 2. The van der Waals surface area contributed by atoms with E-state index < -0.39 is 22.8 Å². The molecule has 1 fully saturated rings. The number of carbonyl (C=O) groups excluding carboxylic acids is 2. The quantitative estimate of drug-likeness (QED) is 0.587. The molecule has 1 saturated carbocycles. The van der Waals surface area contributed by atoms with Crippen LogP contribution in [0.15, 0.2) is 60.7 Å². The van der Waals surface area contributed by atoms with Crippen LogP contribution in [0.3, 0.4) is 0 Å². The Labute approximate surface area is 210 Å². The number of benzene rings is 2. The average Bonchev–Trinajstić information content (AvgIpc) is 2.79. The summed E-state index contributed by atoms with van der Waals surface area (Å²) < 4.78 is 5.57. The molecule has 0 spiro atoms. The van der Waals surface area contributed by atoms with E-state index in [1.807, 2.05) is 71.0 Å². The van der Waals surface area contributed by atoms with Gasteiger partial charge in [-0.05, 0) is 85.5 Å². The van der Waals surface area contributed by atoms with Gasteiger partial charge in [-0.25, -0.2) is 4.79 Å². The Morgan fingerprint density at radius 1 is 0.829 bits per heavy atom. The SMILES string of the molecule is CN(C)[C@]1(c2ccccc2)CC[C@@](NC(=O)OC(C)(C)C)(C(=O)NC(C)(C)c2ccccc2)CC1. The van der Waals surface area contributed by atoms with Gasteiger partial charge < -0.3 is 15.4 Å². The van der Waals surface area contributed by atoms with E-state index in [0.29, 0.717) is 12.8 Å². The second-order valence-electron chi connectivity index (χ2n) is 11.4. The number of nitrogens with one attached hydrogen (secondary N) is 2. The van der Waals surface area contributed by atoms with Crippen molar-refractivity contribution in [1.82, 2.24) is 15.5 Å². The van der Waals surface area contributed by atoms with Crippen LogP contribution < -0.4 is 10.6 Å². The van der Waals surface area contributed by atoms with E-state index in [4.69, 9.17) is 4.74 Å². The van der Waals surface area contributed by atoms with Gasteiger partial charge in [-0.1, -0.05) is 60.7 Å². The standard InChI is InChI=1S/C29H41N3O3/c1-26(2,3)35-25(34)31-28(24(33)30-27(4,5)22-14-10-8-11-15-22)18-20-29(21-19-28,32(6)7)23-16-12-9-13-17-23/h8-17H,18-21H2,1-7H3,(H,30,33)(H,31,34)/t28-,29+. The summed E-state index contributed by atoms with van der Waals surface area (Å²) in [5.41, 5.74) is -0.310. The first-order valence-corrected chi connectivity index (χ1v) is 12.4. The molecular formula is C29H41N3O3. The second-order valence-corrected chi connectivity index (χ2v) is 11.4. The van der Waals surface area contributed by atoms with Crippen LogP contribution in [0.25, 0.3) is 0 Å². The summed E-state index contributed by atoms with van der Waals surface area (Å²) in [5.74, 6) is -0.183. The first-order valence-electron chi connectivity index (χ1n) is 12.4. The number of alkyl carbamates (subject to hydrolysis) is 1. The summed E-state index contributed by atoms with van der Waals surface area (Å²) in [6.45, 7) is 9.44. The lowest BCUT2D eigenvalue weighted by Crippen LogP contribution is -2.65. The third-order valence-electron chi connectivity index (χ3n) is 7.19. The molecule has 0 bridgehead atoms. The van der Waals surface area contributed by atoms with Crippen molar-refractivity contribution in [1.29, 1.82) is 0 Å². The topological polar surface area (TPSA) is 70.7 Å². The fraction of sp³-hybridized carbons (Fsp3) is 0.517. The summed E-state index contributed by atoms with van der Waals surface area (Å²) in [7, 11) is 4.17. The highest BCUT2D eigenvalue weighted by molar-refractivity contribution is 5.90. The van der Waals surface area contributed by atoms with Crippen molar-refractivity contribution >= 4 is 12.0 Å². The molecule has 35 heavy (non-hydrogen) atoms. The van der Waals surface area contributed by atoms with Gasteiger partial charge >= 0.3 is 6.09 Å². The molecular weight excluding hydrogens is 438 g/mol. The maximum Gasteiger partial charge on any atom is 0.408 e. The van der Waals surface area contributed by atoms with Crippen LogP contribution in [0.1, 0.15) is 71.4 Å². The van der Waals surface area contributed by atoms with Crippen LogP contribution >= 0.6 is 0 Å². The number of nitrogens with zero attached hydrogens (tertiary/aromatic N) is 1. The molecule has 2 aromatic carbocycles. The molecule has 0 atom stereocenters. The van der Waals surface area contributed by atoms with Gasteiger partial charge in [0.25, 0.3) is 0 Å². The predicted molar refractivity (Wildman–Crippen MR) is 140 cm³/mol. The van der Waals surface area contributed by atoms with E-state index in [1.165, 1.54) is 5.56 Å². The highest BCUT2D eigenvalue weighted by Crippen LogP contribution is 2.45. The Bertz CT molecular complexity index is 1000. The molecule has 2 aromatic rings. The Hall–Kier alpha value is -2.86. The van der Waals surface area contributed by atoms with E-state index in [2.05, 4.69) is 53.9 Å². The third kappa shape index (κ3) is 6.04. The van der Waals surface area contributed by atoms with E-state index >= 15 is 0 Å². The average molecular weight is 480 g/mol. The molecule has 2 N–H and O–H groups in total. The lowest BCUT2D eigenvalue weighted by Gasteiger charge is -2.50. The Morgan fingerprint density at radius 3 is 1.83 bits per heavy atom. The smallest absolute Gasteiger partial charge is 0.408 e. The minimum Gasteiger partial charge on any atom is -0.444 e. The first-order chi connectivity index (χ1) is 16.3. The Morgan fingerprint density at radius 2 is 1.34 bits per heavy atom. The van der Waals surface area contributed by atoms with Crippen molar-refractivity contribution in [2.75, 3.05) is 14.1 Å². The largest absolute Gasteiger partial charge is 0.444 e. The molecule has 3 rings (SSSR count). The van der Waals surface area contributed by atoms with Gasteiger partial charge in [0.15, 0.2) is 0 Å². The van der Waals surface area contributed by atoms with E-state index in [-0.39, 0.29) is 11.4 Å². The predicted octanol–water partition coefficient (Wildman–Crippen LogP) is 5.33. The highest BCUT2D eigenvalue weighted by atomic mass is 16.6. The zero-order valence-corrected chi connectivity index (χ0v) is 22.3. The first kappa shape index (κ1) is 26.7. The summed E-state index contributed by atoms with van der Waals surface area (Å²) in [6, 6.07) is 20.3. The molecule has 6 nitrogen and oxygen atoms in total. The number of hydrogen-bond acceptors (Lipinski definition) is 4. The number of ether oxygens (including phenoxy) is 1. The van der Waals surface area contributed by atoms with Crippen LogP contribution in [0.4, 0.5) is 4.79 Å². The van der Waals surface area contributed by atoms with Gasteiger partial charge in [0.1, 0.15) is 11.1 Å². The molecule has 0 heterocycles. The molecule has 1 aliphatic rings. The van der Waals surface area contributed by atoms with Crippen LogP contribution in [0.2, 0.25) is 0 Å². The number of carbonyl (C=O) groups is 2. The summed E-state index contributed by atoms with van der Waals surface area (Å²) in [6.07, 6.45) is 1.87. The Kier molecular flexibility index (Phi) is 7.65. The van der Waals surface area contributed by atoms with Crippen molar-refractivity contribution in [2.24, 2.45) is 0 Å². The van der Waals surface area contributed by atoms with Crippen LogP contribution in [0, 0.1) is 0 Å². The Balaban J connectivity index is 1.91. The van der Waals surface area contributed by atoms with Gasteiger partial charge in [0, 0.05) is 5.54 Å². The molecule has 2 amide bonds. The fourth-order valence-electron chi connectivity index (χ4n) is 5.07. The zero-order chi connectivity index (χ0) is 25.9. The zero-order valence-electron chi connectivity index (χ0n) is 22.3. The van der Waals surface area contributed by atoms with Crippen LogP contribution in [-0.2, 0) is 20.6 Å². The van der Waals surface area contributed by atoms with Crippen LogP contribution in [0.5, 0.6) is 0 Å². The second kappa shape index (κ2) is 10.0. The van der Waals surface area contributed by atoms with E-state index in [1.54, 1.807) is 0 Å². The monoisotopic (exact) mass is 479 g/mol. The lowest BCUT2D eigenvalue weighted by atomic mass is 9.68. The van der Waals surface area contributed by atoms with Gasteiger partial charge in [-0.3, -0.25) is 9.69 Å². The van der Waals surface area contributed by atoms with E-state index in [9.17, 15) is 9.59 Å². The molecule has 6 heteroatoms. The molecule has 1 aliphatic carbocycles. The van der Waals surface area contributed by atoms with Crippen molar-refractivity contribution < 1.29 is 14.3 Å². The summed E-state index contributed by atoms with van der Waals surface area (Å²) >= 11 is 0. The fourth-order valence-corrected chi connectivity index (χ4v) is 5.07. The van der Waals surface area contributed by atoms with Crippen LogP contribution in [-0.4, -0.2) is 42.1 Å². The maximum atomic E-state index is 13.9. The molecule has 0 aliphatic heterocycles. The molecule has 0 unspecified atom stereocenters. The van der Waals surface area contributed by atoms with Crippen molar-refractivity contribution in [3.05, 3.63) is 71.8 Å². The summed E-state index contributed by atoms with van der Waals surface area (Å²) in [5, 5.41) is 6.22. The van der Waals surface area contributed by atoms with E-state index in [0.717, 1.165) is 18.4 Å². The minimum absolute atomic E-state index is 0.183. The van der Waals surface area contributed by atoms with Crippen molar-refractivity contribution in [3.8, 4) is 0 Å². The number of amides is 2. The molecule has 0 saturated heterocycles. The molecule has 0 radical (unpaired) electrons. The van der Waals surface area contributed by atoms with Gasteiger partial charge in [-0.15, -0.1) is 0 Å². The highest BCUT2D eigenvalue weighted by Gasteiger charge is 2.51. The summed E-state index contributed by atoms with van der Waals surface area (Å²) in [4.78, 5) is 29.1. The van der Waals surface area contributed by atoms with Gasteiger partial charge in [-0.2, -0.15) is 0 Å². The van der Waals surface area contributed by atoms with Gasteiger partial charge in [0.05, 0.1) is 5.54 Å². The minimum atomic E-state index is -1.07. The molecule has 190 valence electrons. The normalized spacial score (nSPS) is 23.0. The maximum absolute atomic E-state index is 13.9. The number of rotatable bonds is 6. The van der Waals surface area contributed by atoms with Crippen molar-refractivity contribution in [2.45, 2.75) is 82.5 Å². The lowest BCUT2D eigenvalue weighted by molar-refractivity contribution is -0.132. The molecule has 0 aromatic heterocycles. The van der Waals surface area contributed by atoms with Crippen molar-refractivity contribution in [3.63, 3.8) is 0 Å².